The maximum absolute atomic E-state index is 5.71. The summed E-state index contributed by atoms with van der Waals surface area (Å²) in [7, 11) is 0. The Kier molecular flexibility index (Phi) is 4.34. The number of hydrogen-bond donors (Lipinski definition) is 1. The van der Waals surface area contributed by atoms with Crippen molar-refractivity contribution in [2.75, 3.05) is 32.7 Å². The number of nitrogens with zero attached hydrogens (tertiary/aromatic N) is 2. The monoisotopic (exact) mass is 219 g/mol. The van der Waals surface area contributed by atoms with Gasteiger partial charge in [0.1, 0.15) is 0 Å². The molecule has 0 atom stereocenters. The Bertz CT molecular complexity index is 296. The van der Waals surface area contributed by atoms with Crippen LogP contribution < -0.4 is 5.84 Å². The fraction of sp³-hybridized carbons (Fsp3) is 0.538. The van der Waals surface area contributed by atoms with Crippen LogP contribution >= 0.6 is 0 Å². The molecule has 0 aromatic heterocycles. The molecule has 0 aromatic rings. The van der Waals surface area contributed by atoms with Gasteiger partial charge in [-0.25, -0.2) is 5.01 Å². The minimum absolute atomic E-state index is 0.983. The molecule has 2 aliphatic rings. The average Bonchev–Trinajstić information content (AvgIpc) is 2.33. The molecule has 0 amide bonds. The topological polar surface area (TPSA) is 32.5 Å². The highest BCUT2D eigenvalue weighted by atomic mass is 15.4. The predicted octanol–water partition coefficient (Wildman–Crippen LogP) is 1.31. The molecule has 1 aliphatic heterocycles. The number of hydrogen-bond acceptors (Lipinski definition) is 3. The number of nitrogens with two attached hydrogens (primary N) is 1. The van der Waals surface area contributed by atoms with Gasteiger partial charge in [-0.05, 0) is 18.4 Å². The lowest BCUT2D eigenvalue weighted by Gasteiger charge is -2.31. The molecule has 1 fully saturated rings. The summed E-state index contributed by atoms with van der Waals surface area (Å²) in [5, 5.41) is 1.90. The molecule has 2 N–H and O–H groups in total. The van der Waals surface area contributed by atoms with E-state index in [1.165, 1.54) is 18.4 Å². The number of hydrazine groups is 1. The van der Waals surface area contributed by atoms with Crippen LogP contribution in [0.1, 0.15) is 12.8 Å². The van der Waals surface area contributed by atoms with Crippen molar-refractivity contribution in [2.45, 2.75) is 12.8 Å². The SMILES string of the molecule is NN1CCN(C/C=C/C2=CCCC=C2)CC1. The van der Waals surface area contributed by atoms with Gasteiger partial charge in [-0.1, -0.05) is 30.4 Å². The van der Waals surface area contributed by atoms with Crippen molar-refractivity contribution in [2.24, 2.45) is 5.84 Å². The molecular weight excluding hydrogens is 198 g/mol. The van der Waals surface area contributed by atoms with Gasteiger partial charge in [0.15, 0.2) is 0 Å². The van der Waals surface area contributed by atoms with Crippen molar-refractivity contribution in [1.82, 2.24) is 9.91 Å². The van der Waals surface area contributed by atoms with Gasteiger partial charge >= 0.3 is 0 Å². The van der Waals surface area contributed by atoms with Crippen LogP contribution in [0, 0.1) is 0 Å². The zero-order chi connectivity index (χ0) is 11.2. The summed E-state index contributed by atoms with van der Waals surface area (Å²) in [6, 6.07) is 0. The van der Waals surface area contributed by atoms with E-state index < -0.39 is 0 Å². The molecule has 2 rings (SSSR count). The molecule has 0 aromatic carbocycles. The first kappa shape index (κ1) is 11.6. The molecule has 0 radical (unpaired) electrons. The lowest BCUT2D eigenvalue weighted by Crippen LogP contribution is -2.49. The maximum Gasteiger partial charge on any atom is 0.0257 e. The van der Waals surface area contributed by atoms with Crippen LogP contribution in [0.4, 0.5) is 0 Å². The Hall–Kier alpha value is -0.900. The summed E-state index contributed by atoms with van der Waals surface area (Å²) in [5.41, 5.74) is 1.35. The Labute approximate surface area is 97.9 Å². The minimum Gasteiger partial charge on any atom is -0.297 e. The first-order valence-electron chi connectivity index (χ1n) is 6.10. The summed E-state index contributed by atoms with van der Waals surface area (Å²) in [6.07, 6.45) is 13.6. The van der Waals surface area contributed by atoms with Crippen molar-refractivity contribution in [3.8, 4) is 0 Å². The zero-order valence-electron chi connectivity index (χ0n) is 9.81. The number of piperazine rings is 1. The van der Waals surface area contributed by atoms with Crippen LogP contribution in [0.3, 0.4) is 0 Å². The van der Waals surface area contributed by atoms with Crippen molar-refractivity contribution in [3.63, 3.8) is 0 Å². The molecule has 0 unspecified atom stereocenters. The quantitative estimate of drug-likeness (QED) is 0.726. The highest BCUT2D eigenvalue weighted by Gasteiger charge is 2.11. The second kappa shape index (κ2) is 5.99. The normalized spacial score (nSPS) is 23.9. The molecule has 3 nitrogen and oxygen atoms in total. The van der Waals surface area contributed by atoms with E-state index in [0.29, 0.717) is 0 Å². The third kappa shape index (κ3) is 3.59. The van der Waals surface area contributed by atoms with E-state index in [4.69, 9.17) is 5.84 Å². The van der Waals surface area contributed by atoms with Crippen molar-refractivity contribution in [1.29, 1.82) is 0 Å². The zero-order valence-corrected chi connectivity index (χ0v) is 9.81. The predicted molar refractivity (Wildman–Crippen MR) is 67.8 cm³/mol. The molecule has 16 heavy (non-hydrogen) atoms. The van der Waals surface area contributed by atoms with Crippen LogP contribution in [-0.2, 0) is 0 Å². The summed E-state index contributed by atoms with van der Waals surface area (Å²) in [6.45, 7) is 5.16. The molecule has 0 saturated carbocycles. The second-order valence-electron chi connectivity index (χ2n) is 4.42. The Morgan fingerprint density at radius 3 is 2.69 bits per heavy atom. The van der Waals surface area contributed by atoms with Gasteiger partial charge in [0.2, 0.25) is 0 Å². The fourth-order valence-corrected chi connectivity index (χ4v) is 2.04. The number of rotatable bonds is 3. The lowest BCUT2D eigenvalue weighted by molar-refractivity contribution is 0.144. The van der Waals surface area contributed by atoms with Crippen LogP contribution in [-0.4, -0.2) is 42.6 Å². The second-order valence-corrected chi connectivity index (χ2v) is 4.42. The summed E-state index contributed by atoms with van der Waals surface area (Å²) in [4.78, 5) is 2.44. The van der Waals surface area contributed by atoms with Gasteiger partial charge in [-0.15, -0.1) is 0 Å². The molecule has 1 heterocycles. The maximum atomic E-state index is 5.71. The van der Waals surface area contributed by atoms with Crippen LogP contribution in [0.15, 0.2) is 36.0 Å². The molecule has 1 aliphatic carbocycles. The van der Waals surface area contributed by atoms with E-state index in [-0.39, 0.29) is 0 Å². The van der Waals surface area contributed by atoms with Gasteiger partial charge in [-0.2, -0.15) is 0 Å². The Morgan fingerprint density at radius 1 is 1.19 bits per heavy atom. The fourth-order valence-electron chi connectivity index (χ4n) is 2.04. The first-order chi connectivity index (χ1) is 7.84. The van der Waals surface area contributed by atoms with Gasteiger partial charge in [0, 0.05) is 32.7 Å². The minimum atomic E-state index is 0.983. The molecule has 3 heteroatoms. The van der Waals surface area contributed by atoms with E-state index in [9.17, 15) is 0 Å². The van der Waals surface area contributed by atoms with Crippen LogP contribution in [0.25, 0.3) is 0 Å². The first-order valence-corrected chi connectivity index (χ1v) is 6.10. The van der Waals surface area contributed by atoms with E-state index in [1.54, 1.807) is 0 Å². The van der Waals surface area contributed by atoms with E-state index in [2.05, 4.69) is 35.3 Å². The average molecular weight is 219 g/mol. The highest BCUT2D eigenvalue weighted by Crippen LogP contribution is 2.10. The van der Waals surface area contributed by atoms with E-state index in [0.717, 1.165) is 32.7 Å². The Balaban J connectivity index is 1.72. The summed E-state index contributed by atoms with van der Waals surface area (Å²) in [5.74, 6) is 5.71. The summed E-state index contributed by atoms with van der Waals surface area (Å²) >= 11 is 0. The van der Waals surface area contributed by atoms with Crippen LogP contribution in [0.5, 0.6) is 0 Å². The van der Waals surface area contributed by atoms with Crippen molar-refractivity contribution in [3.05, 3.63) is 36.0 Å². The Morgan fingerprint density at radius 2 is 2.00 bits per heavy atom. The third-order valence-electron chi connectivity index (χ3n) is 3.10. The van der Waals surface area contributed by atoms with Crippen molar-refractivity contribution < 1.29 is 0 Å². The van der Waals surface area contributed by atoms with Gasteiger partial charge in [0.05, 0.1) is 0 Å². The lowest BCUT2D eigenvalue weighted by atomic mass is 10.1. The van der Waals surface area contributed by atoms with E-state index >= 15 is 0 Å². The standard InChI is InChI=1S/C13H21N3/c14-16-11-9-15(10-12-16)8-4-7-13-5-2-1-3-6-13/h2,4-7H,1,3,8-12,14H2/b7-4+. The van der Waals surface area contributed by atoms with Crippen LogP contribution in [0.2, 0.25) is 0 Å². The summed E-state index contributed by atoms with van der Waals surface area (Å²) < 4.78 is 0. The highest BCUT2D eigenvalue weighted by molar-refractivity contribution is 5.32. The molecule has 0 spiro atoms. The number of allylic oxidation sites excluding steroid dienone is 5. The van der Waals surface area contributed by atoms with Gasteiger partial charge in [0.25, 0.3) is 0 Å². The van der Waals surface area contributed by atoms with Gasteiger partial charge < -0.3 is 0 Å². The largest absolute Gasteiger partial charge is 0.297 e. The third-order valence-corrected chi connectivity index (χ3v) is 3.10. The molecule has 1 saturated heterocycles. The smallest absolute Gasteiger partial charge is 0.0257 e. The van der Waals surface area contributed by atoms with Crippen molar-refractivity contribution >= 4 is 0 Å². The molecular formula is C13H21N3. The molecule has 88 valence electrons. The van der Waals surface area contributed by atoms with Gasteiger partial charge in [-0.3, -0.25) is 10.7 Å². The van der Waals surface area contributed by atoms with E-state index in [1.807, 2.05) is 5.01 Å². The molecule has 0 bridgehead atoms.